The minimum Gasteiger partial charge on any atom is -0.378 e. The van der Waals surface area contributed by atoms with Gasteiger partial charge in [0.25, 0.3) is 0 Å². The maximum Gasteiger partial charge on any atom is 0.133 e. The first-order valence-electron chi connectivity index (χ1n) is 7.03. The molecule has 1 aliphatic heterocycles. The molecule has 100 valence electrons. The molecule has 0 radical (unpaired) electrons. The van der Waals surface area contributed by atoms with Crippen LogP contribution in [0, 0.1) is 11.3 Å². The predicted octanol–water partition coefficient (Wildman–Crippen LogP) is 3.98. The van der Waals surface area contributed by atoms with Crippen molar-refractivity contribution < 1.29 is 9.53 Å². The van der Waals surface area contributed by atoms with Crippen LogP contribution in [0.4, 0.5) is 0 Å². The van der Waals surface area contributed by atoms with Crippen molar-refractivity contribution in [3.63, 3.8) is 0 Å². The normalized spacial score (nSPS) is 22.7. The molecule has 2 unspecified atom stereocenters. The smallest absolute Gasteiger partial charge is 0.133 e. The van der Waals surface area contributed by atoms with Gasteiger partial charge in [0.2, 0.25) is 0 Å². The molecule has 2 nitrogen and oxygen atoms in total. The molecule has 0 bridgehead atoms. The Morgan fingerprint density at radius 3 is 2.65 bits per heavy atom. The van der Waals surface area contributed by atoms with E-state index in [9.17, 15) is 4.79 Å². The van der Waals surface area contributed by atoms with E-state index in [1.165, 1.54) is 12.8 Å². The molecule has 1 heterocycles. The van der Waals surface area contributed by atoms with Crippen molar-refractivity contribution in [2.24, 2.45) is 11.3 Å². The number of carbonyl (C=O) groups is 1. The van der Waals surface area contributed by atoms with E-state index >= 15 is 0 Å². The minimum absolute atomic E-state index is 0.240. The molecule has 17 heavy (non-hydrogen) atoms. The molecule has 1 fully saturated rings. The number of hydrogen-bond acceptors (Lipinski definition) is 2. The Bertz CT molecular complexity index is 234. The van der Waals surface area contributed by atoms with Gasteiger partial charge >= 0.3 is 0 Å². The Labute approximate surface area is 106 Å². The van der Waals surface area contributed by atoms with Crippen LogP contribution in [-0.2, 0) is 9.53 Å². The molecule has 2 atom stereocenters. The molecule has 1 aliphatic rings. The van der Waals surface area contributed by atoms with Crippen LogP contribution in [0.1, 0.15) is 66.2 Å². The molecule has 1 rings (SSSR count). The number of Topliss-reactive ketones (excluding diaryl/α,β-unsaturated/α-hetero) is 1. The monoisotopic (exact) mass is 240 g/mol. The highest BCUT2D eigenvalue weighted by Gasteiger charge is 2.22. The van der Waals surface area contributed by atoms with E-state index < -0.39 is 0 Å². The third-order valence-electron chi connectivity index (χ3n) is 4.02. The van der Waals surface area contributed by atoms with Gasteiger partial charge in [-0.3, -0.25) is 4.79 Å². The fraction of sp³-hybridized carbons (Fsp3) is 0.933. The lowest BCUT2D eigenvalue weighted by Gasteiger charge is -2.26. The van der Waals surface area contributed by atoms with Crippen molar-refractivity contribution >= 4 is 5.78 Å². The maximum atomic E-state index is 11.8. The van der Waals surface area contributed by atoms with Crippen LogP contribution < -0.4 is 0 Å². The molecule has 0 aromatic carbocycles. The zero-order chi connectivity index (χ0) is 12.9. The number of carbonyl (C=O) groups excluding carboxylic acids is 1. The number of hydrogen-bond donors (Lipinski definition) is 0. The molecule has 0 amide bonds. The molecule has 0 aromatic heterocycles. The van der Waals surface area contributed by atoms with Gasteiger partial charge in [0, 0.05) is 19.4 Å². The Balaban J connectivity index is 2.12. The zero-order valence-corrected chi connectivity index (χ0v) is 11.9. The average Bonchev–Trinajstić information content (AvgIpc) is 2.69. The van der Waals surface area contributed by atoms with Crippen molar-refractivity contribution in [3.05, 3.63) is 0 Å². The molecule has 0 aliphatic carbocycles. The summed E-state index contributed by atoms with van der Waals surface area (Å²) in [5, 5.41) is 0. The number of ether oxygens (including phenoxy) is 1. The Hall–Kier alpha value is -0.370. The molecular weight excluding hydrogens is 212 g/mol. The van der Waals surface area contributed by atoms with Gasteiger partial charge in [-0.2, -0.15) is 0 Å². The van der Waals surface area contributed by atoms with Crippen LogP contribution in [0.3, 0.4) is 0 Å². The summed E-state index contributed by atoms with van der Waals surface area (Å²) in [7, 11) is 0. The van der Waals surface area contributed by atoms with Gasteiger partial charge in [-0.15, -0.1) is 0 Å². The van der Waals surface area contributed by atoms with Crippen LogP contribution in [0.5, 0.6) is 0 Å². The lowest BCUT2D eigenvalue weighted by Crippen LogP contribution is -2.20. The molecule has 1 saturated heterocycles. The van der Waals surface area contributed by atoms with Crippen molar-refractivity contribution in [2.75, 3.05) is 6.61 Å². The molecule has 0 spiro atoms. The van der Waals surface area contributed by atoms with E-state index in [0.29, 0.717) is 17.8 Å². The Morgan fingerprint density at radius 2 is 2.12 bits per heavy atom. The van der Waals surface area contributed by atoms with E-state index in [-0.39, 0.29) is 5.41 Å². The first-order chi connectivity index (χ1) is 7.89. The summed E-state index contributed by atoms with van der Waals surface area (Å²) in [6.07, 6.45) is 6.35. The van der Waals surface area contributed by atoms with E-state index in [0.717, 1.165) is 32.3 Å². The van der Waals surface area contributed by atoms with E-state index in [1.54, 1.807) is 0 Å². The largest absolute Gasteiger partial charge is 0.378 e. The zero-order valence-electron chi connectivity index (χ0n) is 11.9. The van der Waals surface area contributed by atoms with Gasteiger partial charge in [-0.1, -0.05) is 27.7 Å². The van der Waals surface area contributed by atoms with Gasteiger partial charge in [0.05, 0.1) is 6.10 Å². The van der Waals surface area contributed by atoms with Crippen LogP contribution >= 0.6 is 0 Å². The summed E-state index contributed by atoms with van der Waals surface area (Å²) in [5.41, 5.74) is 0.240. The molecule has 0 aromatic rings. The second kappa shape index (κ2) is 6.53. The second-order valence-electron chi connectivity index (χ2n) is 6.54. The van der Waals surface area contributed by atoms with Crippen LogP contribution in [0.2, 0.25) is 0 Å². The quantitative estimate of drug-likeness (QED) is 0.702. The highest BCUT2D eigenvalue weighted by atomic mass is 16.5. The number of ketones is 1. The van der Waals surface area contributed by atoms with E-state index in [1.807, 2.05) is 0 Å². The number of rotatable bonds is 6. The molecular formula is C15H28O2. The van der Waals surface area contributed by atoms with Gasteiger partial charge in [0.15, 0.2) is 0 Å². The van der Waals surface area contributed by atoms with Gasteiger partial charge in [-0.05, 0) is 37.0 Å². The van der Waals surface area contributed by atoms with Gasteiger partial charge in [-0.25, -0.2) is 0 Å². The van der Waals surface area contributed by atoms with Gasteiger partial charge in [0.1, 0.15) is 5.78 Å². The van der Waals surface area contributed by atoms with Gasteiger partial charge < -0.3 is 4.74 Å². The average molecular weight is 240 g/mol. The molecule has 2 heteroatoms. The highest BCUT2D eigenvalue weighted by molar-refractivity contribution is 5.78. The van der Waals surface area contributed by atoms with Crippen molar-refractivity contribution in [3.8, 4) is 0 Å². The second-order valence-corrected chi connectivity index (χ2v) is 6.54. The highest BCUT2D eigenvalue weighted by Crippen LogP contribution is 2.28. The third-order valence-corrected chi connectivity index (χ3v) is 4.02. The van der Waals surface area contributed by atoms with Crippen LogP contribution in [0.25, 0.3) is 0 Å². The predicted molar refractivity (Wildman–Crippen MR) is 71.1 cm³/mol. The topological polar surface area (TPSA) is 26.3 Å². The summed E-state index contributed by atoms with van der Waals surface area (Å²) in [6, 6.07) is 0. The summed E-state index contributed by atoms with van der Waals surface area (Å²) in [6.45, 7) is 9.71. The molecule has 0 saturated carbocycles. The standard InChI is InChI=1S/C15H28O2/c1-12(15(2,3)4)11-13(16)7-5-8-14-9-6-10-17-14/h12,14H,5-11H2,1-4H3. The van der Waals surface area contributed by atoms with Crippen molar-refractivity contribution in [1.82, 2.24) is 0 Å². The van der Waals surface area contributed by atoms with E-state index in [2.05, 4.69) is 27.7 Å². The Morgan fingerprint density at radius 1 is 1.41 bits per heavy atom. The SMILES string of the molecule is CC(CC(=O)CCCC1CCCO1)C(C)(C)C. The summed E-state index contributed by atoms with van der Waals surface area (Å²) in [4.78, 5) is 11.8. The summed E-state index contributed by atoms with van der Waals surface area (Å²) < 4.78 is 5.56. The molecule has 0 N–H and O–H groups in total. The first-order valence-corrected chi connectivity index (χ1v) is 7.03. The minimum atomic E-state index is 0.240. The van der Waals surface area contributed by atoms with Crippen molar-refractivity contribution in [1.29, 1.82) is 0 Å². The lowest BCUT2D eigenvalue weighted by atomic mass is 9.79. The summed E-state index contributed by atoms with van der Waals surface area (Å²) in [5.74, 6) is 0.892. The van der Waals surface area contributed by atoms with Crippen LogP contribution in [-0.4, -0.2) is 18.5 Å². The third kappa shape index (κ3) is 5.67. The maximum absolute atomic E-state index is 11.8. The first kappa shape index (κ1) is 14.7. The fourth-order valence-corrected chi connectivity index (χ4v) is 2.15. The fourth-order valence-electron chi connectivity index (χ4n) is 2.15. The van der Waals surface area contributed by atoms with Crippen molar-refractivity contribution in [2.45, 2.75) is 72.3 Å². The lowest BCUT2D eigenvalue weighted by molar-refractivity contribution is -0.120. The Kier molecular flexibility index (Phi) is 5.64. The summed E-state index contributed by atoms with van der Waals surface area (Å²) >= 11 is 0. The van der Waals surface area contributed by atoms with E-state index in [4.69, 9.17) is 4.74 Å². The van der Waals surface area contributed by atoms with Crippen LogP contribution in [0.15, 0.2) is 0 Å².